The third-order valence-electron chi connectivity index (χ3n) is 3.25. The van der Waals surface area contributed by atoms with E-state index in [0.29, 0.717) is 12.0 Å². The zero-order chi connectivity index (χ0) is 12.5. The molecule has 0 radical (unpaired) electrons. The second-order valence-corrected chi connectivity index (χ2v) is 6.22. The summed E-state index contributed by atoms with van der Waals surface area (Å²) in [5, 5.41) is 3.31. The van der Waals surface area contributed by atoms with E-state index in [1.54, 1.807) is 0 Å². The van der Waals surface area contributed by atoms with Gasteiger partial charge in [0, 0.05) is 19.1 Å². The predicted octanol–water partition coefficient (Wildman–Crippen LogP) is 2.00. The van der Waals surface area contributed by atoms with Gasteiger partial charge in [-0.1, -0.05) is 0 Å². The van der Waals surface area contributed by atoms with Crippen LogP contribution in [0.25, 0.3) is 0 Å². The van der Waals surface area contributed by atoms with E-state index in [2.05, 4.69) is 5.32 Å². The maximum Gasteiger partial charge on any atom is 0.410 e. The van der Waals surface area contributed by atoms with Gasteiger partial charge in [-0.05, 0) is 52.5 Å². The van der Waals surface area contributed by atoms with Crippen molar-refractivity contribution in [2.24, 2.45) is 5.92 Å². The lowest BCUT2D eigenvalue weighted by atomic mass is 10.2. The lowest BCUT2D eigenvalue weighted by Crippen LogP contribution is -2.45. The molecule has 2 aliphatic rings. The van der Waals surface area contributed by atoms with Crippen molar-refractivity contribution >= 4 is 6.09 Å². The highest BCUT2D eigenvalue weighted by Crippen LogP contribution is 2.31. The SMILES string of the molecule is CC(C)(C)OC(=O)N(CC1CC1)[C@H]1CCNC1. The number of ether oxygens (including phenoxy) is 1. The molecule has 4 nitrogen and oxygen atoms in total. The van der Waals surface area contributed by atoms with Gasteiger partial charge in [-0.25, -0.2) is 4.79 Å². The molecule has 1 aliphatic heterocycles. The molecule has 1 saturated carbocycles. The number of hydrogen-bond acceptors (Lipinski definition) is 3. The third-order valence-corrected chi connectivity index (χ3v) is 3.25. The van der Waals surface area contributed by atoms with E-state index >= 15 is 0 Å². The number of hydrogen-bond donors (Lipinski definition) is 1. The van der Waals surface area contributed by atoms with E-state index in [-0.39, 0.29) is 6.09 Å². The summed E-state index contributed by atoms with van der Waals surface area (Å²) in [7, 11) is 0. The van der Waals surface area contributed by atoms with Crippen molar-refractivity contribution in [3.63, 3.8) is 0 Å². The van der Waals surface area contributed by atoms with Crippen molar-refractivity contribution in [1.82, 2.24) is 10.2 Å². The number of carbonyl (C=O) groups is 1. The van der Waals surface area contributed by atoms with Crippen molar-refractivity contribution in [2.75, 3.05) is 19.6 Å². The number of nitrogens with zero attached hydrogens (tertiary/aromatic N) is 1. The molecule has 0 aromatic rings. The minimum atomic E-state index is -0.398. The average Bonchev–Trinajstić information content (AvgIpc) is 2.85. The average molecular weight is 240 g/mol. The number of carbonyl (C=O) groups excluding carboxylic acids is 1. The highest BCUT2D eigenvalue weighted by atomic mass is 16.6. The Balaban J connectivity index is 1.95. The van der Waals surface area contributed by atoms with Gasteiger partial charge in [0.15, 0.2) is 0 Å². The van der Waals surface area contributed by atoms with Crippen LogP contribution >= 0.6 is 0 Å². The number of nitrogens with one attached hydrogen (secondary N) is 1. The predicted molar refractivity (Wildman–Crippen MR) is 66.9 cm³/mol. The first kappa shape index (κ1) is 12.7. The van der Waals surface area contributed by atoms with Gasteiger partial charge in [0.25, 0.3) is 0 Å². The Hall–Kier alpha value is -0.770. The quantitative estimate of drug-likeness (QED) is 0.820. The zero-order valence-corrected chi connectivity index (χ0v) is 11.2. The Kier molecular flexibility index (Phi) is 3.61. The van der Waals surface area contributed by atoms with E-state index in [1.165, 1.54) is 12.8 Å². The topological polar surface area (TPSA) is 41.6 Å². The molecule has 17 heavy (non-hydrogen) atoms. The Morgan fingerprint density at radius 2 is 2.06 bits per heavy atom. The first-order valence-corrected chi connectivity index (χ1v) is 6.66. The van der Waals surface area contributed by atoms with E-state index in [9.17, 15) is 4.79 Å². The van der Waals surface area contributed by atoms with Crippen LogP contribution in [0.5, 0.6) is 0 Å². The third kappa shape index (κ3) is 3.87. The summed E-state index contributed by atoms with van der Waals surface area (Å²) in [5.74, 6) is 0.711. The monoisotopic (exact) mass is 240 g/mol. The fourth-order valence-electron chi connectivity index (χ4n) is 2.18. The molecule has 2 fully saturated rings. The van der Waals surface area contributed by atoms with Gasteiger partial charge >= 0.3 is 6.09 Å². The van der Waals surface area contributed by atoms with E-state index < -0.39 is 5.60 Å². The summed E-state index contributed by atoms with van der Waals surface area (Å²) in [4.78, 5) is 14.1. The molecule has 4 heteroatoms. The molecule has 1 amide bonds. The maximum atomic E-state index is 12.2. The van der Waals surface area contributed by atoms with Crippen LogP contribution in [0.15, 0.2) is 0 Å². The van der Waals surface area contributed by atoms with Crippen LogP contribution in [0.2, 0.25) is 0 Å². The van der Waals surface area contributed by atoms with Crippen LogP contribution < -0.4 is 5.32 Å². The van der Waals surface area contributed by atoms with Crippen LogP contribution in [0.4, 0.5) is 4.79 Å². The van der Waals surface area contributed by atoms with Crippen LogP contribution in [0, 0.1) is 5.92 Å². The zero-order valence-electron chi connectivity index (χ0n) is 11.2. The largest absolute Gasteiger partial charge is 0.444 e. The van der Waals surface area contributed by atoms with Crippen molar-refractivity contribution in [1.29, 1.82) is 0 Å². The maximum absolute atomic E-state index is 12.2. The minimum Gasteiger partial charge on any atom is -0.444 e. The summed E-state index contributed by atoms with van der Waals surface area (Å²) in [6.07, 6.45) is 3.43. The fraction of sp³-hybridized carbons (Fsp3) is 0.923. The van der Waals surface area contributed by atoms with E-state index in [4.69, 9.17) is 4.74 Å². The molecule has 0 unspecified atom stereocenters. The second-order valence-electron chi connectivity index (χ2n) is 6.22. The smallest absolute Gasteiger partial charge is 0.410 e. The molecular weight excluding hydrogens is 216 g/mol. The van der Waals surface area contributed by atoms with Crippen molar-refractivity contribution in [3.05, 3.63) is 0 Å². The molecule has 98 valence electrons. The Morgan fingerprint density at radius 1 is 1.35 bits per heavy atom. The fourth-order valence-corrected chi connectivity index (χ4v) is 2.18. The standard InChI is InChI=1S/C13H24N2O2/c1-13(2,3)17-12(16)15(9-10-4-5-10)11-6-7-14-8-11/h10-11,14H,4-9H2,1-3H3/t11-/m0/s1. The lowest BCUT2D eigenvalue weighted by Gasteiger charge is -2.31. The van der Waals surface area contributed by atoms with Crippen LogP contribution in [0.3, 0.4) is 0 Å². The molecule has 1 heterocycles. The summed E-state index contributed by atoms with van der Waals surface area (Å²) in [6.45, 7) is 8.56. The summed E-state index contributed by atoms with van der Waals surface area (Å²) < 4.78 is 5.50. The van der Waals surface area contributed by atoms with E-state index in [1.807, 2.05) is 25.7 Å². The first-order valence-electron chi connectivity index (χ1n) is 6.66. The molecular formula is C13H24N2O2. The summed E-state index contributed by atoms with van der Waals surface area (Å²) in [6, 6.07) is 0.324. The van der Waals surface area contributed by atoms with Gasteiger partial charge in [0.05, 0.1) is 0 Å². The molecule has 0 spiro atoms. The van der Waals surface area contributed by atoms with Crippen LogP contribution in [-0.4, -0.2) is 42.3 Å². The van der Waals surface area contributed by atoms with Crippen molar-refractivity contribution < 1.29 is 9.53 Å². The van der Waals surface area contributed by atoms with Crippen LogP contribution in [-0.2, 0) is 4.74 Å². The van der Waals surface area contributed by atoms with Crippen LogP contribution in [0.1, 0.15) is 40.0 Å². The minimum absolute atomic E-state index is 0.141. The van der Waals surface area contributed by atoms with Gasteiger partial charge in [-0.3, -0.25) is 0 Å². The number of rotatable bonds is 3. The van der Waals surface area contributed by atoms with Gasteiger partial charge in [-0.15, -0.1) is 0 Å². The van der Waals surface area contributed by atoms with E-state index in [0.717, 1.165) is 26.1 Å². The molecule has 1 saturated heterocycles. The Labute approximate surface area is 104 Å². The molecule has 0 aromatic carbocycles. The molecule has 1 atom stereocenters. The first-order chi connectivity index (χ1) is 7.96. The normalized spacial score (nSPS) is 24.8. The Bertz CT molecular complexity index is 276. The van der Waals surface area contributed by atoms with Gasteiger partial charge in [0.2, 0.25) is 0 Å². The van der Waals surface area contributed by atoms with Gasteiger partial charge in [-0.2, -0.15) is 0 Å². The van der Waals surface area contributed by atoms with Gasteiger partial charge < -0.3 is 15.0 Å². The van der Waals surface area contributed by atoms with Gasteiger partial charge in [0.1, 0.15) is 5.60 Å². The highest BCUT2D eigenvalue weighted by Gasteiger charge is 2.34. The Morgan fingerprint density at radius 3 is 2.53 bits per heavy atom. The molecule has 0 aromatic heterocycles. The van der Waals surface area contributed by atoms with Crippen molar-refractivity contribution in [2.45, 2.75) is 51.7 Å². The highest BCUT2D eigenvalue weighted by molar-refractivity contribution is 5.68. The summed E-state index contributed by atoms with van der Waals surface area (Å²) >= 11 is 0. The second kappa shape index (κ2) is 4.84. The molecule has 2 rings (SSSR count). The van der Waals surface area contributed by atoms with Crippen molar-refractivity contribution in [3.8, 4) is 0 Å². The molecule has 1 N–H and O–H groups in total. The summed E-state index contributed by atoms with van der Waals surface area (Å²) in [5.41, 5.74) is -0.398. The number of amides is 1. The molecule has 1 aliphatic carbocycles. The molecule has 0 bridgehead atoms. The lowest BCUT2D eigenvalue weighted by molar-refractivity contribution is 0.0166.